The van der Waals surface area contributed by atoms with Crippen LogP contribution in [0, 0.1) is 0 Å². The van der Waals surface area contributed by atoms with Gasteiger partial charge in [-0.15, -0.1) is 0 Å². The molecular weight excluding hydrogens is 200 g/mol. The summed E-state index contributed by atoms with van der Waals surface area (Å²) in [5.74, 6) is -1.83. The van der Waals surface area contributed by atoms with Crippen molar-refractivity contribution in [3.8, 4) is 0 Å². The topological polar surface area (TPSA) is 99.5 Å². The highest BCUT2D eigenvalue weighted by Crippen LogP contribution is 1.96. The van der Waals surface area contributed by atoms with Crippen molar-refractivity contribution < 1.29 is 19.8 Å². The molecule has 15 heavy (non-hydrogen) atoms. The molecule has 1 atom stereocenters. The van der Waals surface area contributed by atoms with Gasteiger partial charge in [-0.1, -0.05) is 0 Å². The van der Waals surface area contributed by atoms with Gasteiger partial charge in [-0.2, -0.15) is 0 Å². The maximum Gasteiger partial charge on any atom is 0.328 e. The lowest BCUT2D eigenvalue weighted by atomic mass is 10.2. The van der Waals surface area contributed by atoms with Crippen LogP contribution in [0.25, 0.3) is 0 Å². The highest BCUT2D eigenvalue weighted by Gasteiger charge is 2.19. The first-order valence-corrected chi connectivity index (χ1v) is 4.19. The zero-order chi connectivity index (χ0) is 11.3. The second-order valence-electron chi connectivity index (χ2n) is 2.78. The minimum atomic E-state index is -1.29. The molecule has 1 rings (SSSR count). The Kier molecular flexibility index (Phi) is 3.75. The number of carboxylic acids is 1. The summed E-state index contributed by atoms with van der Waals surface area (Å²) in [6.45, 7) is -0.647. The molecule has 1 heterocycles. The van der Waals surface area contributed by atoms with Gasteiger partial charge in [0.25, 0.3) is 5.91 Å². The summed E-state index contributed by atoms with van der Waals surface area (Å²) in [6.07, 6.45) is 2.84. The number of pyridine rings is 1. The predicted octanol–water partition coefficient (Wildman–Crippen LogP) is -0.743. The Hall–Kier alpha value is -1.95. The van der Waals surface area contributed by atoms with Gasteiger partial charge in [0.05, 0.1) is 6.61 Å². The van der Waals surface area contributed by atoms with E-state index >= 15 is 0 Å². The number of aliphatic hydroxyl groups is 1. The van der Waals surface area contributed by atoms with Crippen LogP contribution in [0.15, 0.2) is 24.5 Å². The Balaban J connectivity index is 2.67. The number of hydrogen-bond acceptors (Lipinski definition) is 4. The second kappa shape index (κ2) is 5.06. The van der Waals surface area contributed by atoms with Crippen LogP contribution in [0.1, 0.15) is 10.4 Å². The summed E-state index contributed by atoms with van der Waals surface area (Å²) in [6, 6.07) is 1.61. The van der Waals surface area contributed by atoms with Gasteiger partial charge < -0.3 is 15.5 Å². The normalized spacial score (nSPS) is 11.8. The molecule has 0 aliphatic carbocycles. The number of aromatic nitrogens is 1. The van der Waals surface area contributed by atoms with Crippen LogP contribution in [0.4, 0.5) is 0 Å². The van der Waals surface area contributed by atoms with E-state index in [4.69, 9.17) is 10.2 Å². The molecule has 6 nitrogen and oxygen atoms in total. The smallest absolute Gasteiger partial charge is 0.328 e. The monoisotopic (exact) mass is 210 g/mol. The van der Waals surface area contributed by atoms with Crippen molar-refractivity contribution in [3.05, 3.63) is 30.1 Å². The van der Waals surface area contributed by atoms with Gasteiger partial charge in [0.1, 0.15) is 0 Å². The summed E-state index contributed by atoms with van der Waals surface area (Å²) in [5.41, 5.74) is 0.296. The number of aliphatic hydroxyl groups excluding tert-OH is 1. The maximum atomic E-state index is 11.4. The van der Waals surface area contributed by atoms with E-state index in [1.54, 1.807) is 0 Å². The SMILES string of the molecule is O=C(N[C@H](CO)C(=O)O)c1ccncc1. The molecule has 6 heteroatoms. The predicted molar refractivity (Wildman–Crippen MR) is 50.2 cm³/mol. The molecule has 1 aromatic heterocycles. The van der Waals surface area contributed by atoms with E-state index in [1.807, 2.05) is 0 Å². The van der Waals surface area contributed by atoms with Crippen molar-refractivity contribution in [1.82, 2.24) is 10.3 Å². The number of carbonyl (C=O) groups is 2. The number of nitrogens with one attached hydrogen (secondary N) is 1. The summed E-state index contributed by atoms with van der Waals surface area (Å²) in [5, 5.41) is 19.4. The first-order valence-electron chi connectivity index (χ1n) is 4.19. The van der Waals surface area contributed by atoms with E-state index in [2.05, 4.69) is 10.3 Å². The van der Waals surface area contributed by atoms with Crippen LogP contribution in [-0.2, 0) is 4.79 Å². The first-order chi connectivity index (χ1) is 7.15. The van der Waals surface area contributed by atoms with Crippen molar-refractivity contribution in [2.45, 2.75) is 6.04 Å². The molecule has 1 aromatic rings. The number of carbonyl (C=O) groups excluding carboxylic acids is 1. The highest BCUT2D eigenvalue weighted by atomic mass is 16.4. The molecule has 3 N–H and O–H groups in total. The van der Waals surface area contributed by atoms with E-state index in [9.17, 15) is 9.59 Å². The van der Waals surface area contributed by atoms with Gasteiger partial charge in [-0.05, 0) is 12.1 Å². The summed E-state index contributed by atoms with van der Waals surface area (Å²) < 4.78 is 0. The third-order valence-corrected chi connectivity index (χ3v) is 1.73. The Labute approximate surface area is 85.6 Å². The summed E-state index contributed by atoms with van der Waals surface area (Å²) >= 11 is 0. The Morgan fingerprint density at radius 2 is 2.00 bits per heavy atom. The average Bonchev–Trinajstić information content (AvgIpc) is 2.26. The van der Waals surface area contributed by atoms with Crippen LogP contribution in [0.2, 0.25) is 0 Å². The Morgan fingerprint density at radius 1 is 1.40 bits per heavy atom. The minimum absolute atomic E-state index is 0.296. The number of hydrogen-bond donors (Lipinski definition) is 3. The van der Waals surface area contributed by atoms with Crippen molar-refractivity contribution >= 4 is 11.9 Å². The van der Waals surface area contributed by atoms with Crippen molar-refractivity contribution in [3.63, 3.8) is 0 Å². The van der Waals surface area contributed by atoms with Crippen LogP contribution in [0.5, 0.6) is 0 Å². The molecule has 0 radical (unpaired) electrons. The van der Waals surface area contributed by atoms with Crippen LogP contribution < -0.4 is 5.32 Å². The van der Waals surface area contributed by atoms with Gasteiger partial charge in [0.15, 0.2) is 6.04 Å². The molecule has 0 spiro atoms. The fourth-order valence-electron chi connectivity index (χ4n) is 0.930. The molecule has 0 aliphatic rings. The van der Waals surface area contributed by atoms with Crippen molar-refractivity contribution in [2.75, 3.05) is 6.61 Å². The van der Waals surface area contributed by atoms with Crippen LogP contribution in [-0.4, -0.2) is 39.7 Å². The first kappa shape index (κ1) is 11.1. The zero-order valence-electron chi connectivity index (χ0n) is 7.75. The number of carboxylic acid groups (broad SMARTS) is 1. The highest BCUT2D eigenvalue weighted by molar-refractivity contribution is 5.96. The van der Waals surface area contributed by atoms with Gasteiger partial charge in [-0.25, -0.2) is 4.79 Å². The van der Waals surface area contributed by atoms with E-state index in [0.29, 0.717) is 5.56 Å². The van der Waals surface area contributed by atoms with E-state index in [1.165, 1.54) is 24.5 Å². The van der Waals surface area contributed by atoms with Crippen LogP contribution >= 0.6 is 0 Å². The van der Waals surface area contributed by atoms with Gasteiger partial charge in [0.2, 0.25) is 0 Å². The molecule has 1 amide bonds. The van der Waals surface area contributed by atoms with Gasteiger partial charge >= 0.3 is 5.97 Å². The molecule has 0 fully saturated rings. The van der Waals surface area contributed by atoms with Gasteiger partial charge in [0, 0.05) is 18.0 Å². The van der Waals surface area contributed by atoms with Crippen molar-refractivity contribution in [2.24, 2.45) is 0 Å². The Morgan fingerprint density at radius 3 is 2.47 bits per heavy atom. The van der Waals surface area contributed by atoms with E-state index in [0.717, 1.165) is 0 Å². The molecule has 0 saturated heterocycles. The molecule has 80 valence electrons. The number of nitrogens with zero attached hydrogens (tertiary/aromatic N) is 1. The third-order valence-electron chi connectivity index (χ3n) is 1.73. The summed E-state index contributed by atoms with van der Waals surface area (Å²) in [7, 11) is 0. The number of rotatable bonds is 4. The standard InChI is InChI=1S/C9H10N2O4/c12-5-7(9(14)15)11-8(13)6-1-3-10-4-2-6/h1-4,7,12H,5H2,(H,11,13)(H,14,15)/t7-/m1/s1. The molecule has 0 aliphatic heterocycles. The lowest BCUT2D eigenvalue weighted by Gasteiger charge is -2.11. The van der Waals surface area contributed by atoms with Crippen LogP contribution in [0.3, 0.4) is 0 Å². The maximum absolute atomic E-state index is 11.4. The fraction of sp³-hybridized carbons (Fsp3) is 0.222. The second-order valence-corrected chi connectivity index (χ2v) is 2.78. The minimum Gasteiger partial charge on any atom is -0.480 e. The van der Waals surface area contributed by atoms with Gasteiger partial charge in [-0.3, -0.25) is 9.78 Å². The molecule has 0 unspecified atom stereocenters. The largest absolute Gasteiger partial charge is 0.480 e. The Bertz CT molecular complexity index is 352. The zero-order valence-corrected chi connectivity index (χ0v) is 7.75. The molecule has 0 aromatic carbocycles. The lowest BCUT2D eigenvalue weighted by molar-refractivity contribution is -0.140. The molecular formula is C9H10N2O4. The third kappa shape index (κ3) is 3.03. The lowest BCUT2D eigenvalue weighted by Crippen LogP contribution is -2.43. The number of amides is 1. The molecule has 0 saturated carbocycles. The number of aliphatic carboxylic acids is 1. The molecule has 0 bridgehead atoms. The van der Waals surface area contributed by atoms with E-state index in [-0.39, 0.29) is 0 Å². The fourth-order valence-corrected chi connectivity index (χ4v) is 0.930. The van der Waals surface area contributed by atoms with Crippen molar-refractivity contribution in [1.29, 1.82) is 0 Å². The average molecular weight is 210 g/mol. The quantitative estimate of drug-likeness (QED) is 0.607. The van der Waals surface area contributed by atoms with E-state index < -0.39 is 24.5 Å². The summed E-state index contributed by atoms with van der Waals surface area (Å²) in [4.78, 5) is 25.6.